The van der Waals surface area contributed by atoms with Crippen molar-refractivity contribution in [2.45, 2.75) is 19.9 Å². The third kappa shape index (κ3) is 2.60. The van der Waals surface area contributed by atoms with Crippen molar-refractivity contribution in [1.82, 2.24) is 0 Å². The van der Waals surface area contributed by atoms with E-state index in [1.807, 2.05) is 13.8 Å². The van der Waals surface area contributed by atoms with Crippen LogP contribution in [-0.2, 0) is 5.11 Å². The van der Waals surface area contributed by atoms with Crippen LogP contribution in [-0.4, -0.2) is 12.6 Å². The maximum absolute atomic E-state index is 9.95. The lowest BCUT2D eigenvalue weighted by Gasteiger charge is -2.08. The van der Waals surface area contributed by atoms with Gasteiger partial charge in [-0.25, -0.2) is 5.11 Å². The van der Waals surface area contributed by atoms with Gasteiger partial charge in [-0.1, -0.05) is 13.8 Å². The second-order valence-electron chi connectivity index (χ2n) is 2.07. The van der Waals surface area contributed by atoms with Crippen molar-refractivity contribution in [3.63, 3.8) is 0 Å². The topological polar surface area (TPSA) is 45.9 Å². The molecule has 2 heteroatoms. The van der Waals surface area contributed by atoms with Gasteiger partial charge in [-0.2, -0.15) is 0 Å². The predicted octanol–water partition coefficient (Wildman–Crippen LogP) is 0.400. The van der Waals surface area contributed by atoms with Crippen LogP contribution in [0.1, 0.15) is 13.8 Å². The second kappa shape index (κ2) is 2.99. The molecule has 0 rings (SSSR count). The molecule has 2 N–H and O–H groups in total. The van der Waals surface area contributed by atoms with Crippen LogP contribution in [0, 0.1) is 5.92 Å². The van der Waals surface area contributed by atoms with E-state index >= 15 is 0 Å². The predicted molar refractivity (Wildman–Crippen MR) is 28.4 cm³/mol. The standard InChI is InChI=1S/C5H12NO/c1-4(2)5(6)3-7/h4-5H,3,6H2,1-2H3. The summed E-state index contributed by atoms with van der Waals surface area (Å²) in [6.07, 6.45) is 0. The largest absolute Gasteiger partial charge is 0.325 e. The molecule has 43 valence electrons. The Bertz CT molecular complexity index is 45.3. The van der Waals surface area contributed by atoms with Gasteiger partial charge in [-0.05, 0) is 5.92 Å². The van der Waals surface area contributed by atoms with Gasteiger partial charge in [0.15, 0.2) is 0 Å². The van der Waals surface area contributed by atoms with Crippen LogP contribution in [0.2, 0.25) is 0 Å². The first-order valence-corrected chi connectivity index (χ1v) is 2.52. The lowest BCUT2D eigenvalue weighted by molar-refractivity contribution is 0.156. The van der Waals surface area contributed by atoms with E-state index in [2.05, 4.69) is 0 Å². The molecule has 0 spiro atoms. The lowest BCUT2D eigenvalue weighted by Crippen LogP contribution is -2.29. The third-order valence-electron chi connectivity index (χ3n) is 1.05. The Hall–Kier alpha value is -0.0800. The van der Waals surface area contributed by atoms with E-state index in [9.17, 15) is 5.11 Å². The van der Waals surface area contributed by atoms with Gasteiger partial charge >= 0.3 is 0 Å². The maximum Gasteiger partial charge on any atom is 0.0975 e. The average molecular weight is 102 g/mol. The monoisotopic (exact) mass is 102 g/mol. The highest BCUT2D eigenvalue weighted by Gasteiger charge is 2.03. The van der Waals surface area contributed by atoms with Crippen molar-refractivity contribution in [2.24, 2.45) is 11.7 Å². The normalized spacial score (nSPS) is 15.0. The molecule has 0 aromatic carbocycles. The van der Waals surface area contributed by atoms with Gasteiger partial charge in [0.25, 0.3) is 0 Å². The first kappa shape index (κ1) is 6.92. The van der Waals surface area contributed by atoms with Gasteiger partial charge in [0.2, 0.25) is 0 Å². The van der Waals surface area contributed by atoms with Gasteiger partial charge in [-0.3, -0.25) is 0 Å². The van der Waals surface area contributed by atoms with Gasteiger partial charge in [0.1, 0.15) is 0 Å². The minimum atomic E-state index is -0.155. The Labute approximate surface area is 44.3 Å². The SMILES string of the molecule is CC(C)C(N)C[O]. The Morgan fingerprint density at radius 1 is 1.57 bits per heavy atom. The lowest BCUT2D eigenvalue weighted by atomic mass is 10.1. The van der Waals surface area contributed by atoms with Crippen molar-refractivity contribution in [1.29, 1.82) is 0 Å². The Morgan fingerprint density at radius 2 is 2.00 bits per heavy atom. The summed E-state index contributed by atoms with van der Waals surface area (Å²) in [5.74, 6) is 0.331. The third-order valence-corrected chi connectivity index (χ3v) is 1.05. The van der Waals surface area contributed by atoms with Crippen LogP contribution in [0.5, 0.6) is 0 Å². The fourth-order valence-electron chi connectivity index (χ4n) is 0.192. The summed E-state index contributed by atoms with van der Waals surface area (Å²) in [7, 11) is 0. The van der Waals surface area contributed by atoms with E-state index < -0.39 is 0 Å². The van der Waals surface area contributed by atoms with Crippen molar-refractivity contribution in [3.8, 4) is 0 Å². The summed E-state index contributed by atoms with van der Waals surface area (Å²) in [5, 5.41) is 9.95. The molecular weight excluding hydrogens is 90.1 g/mol. The van der Waals surface area contributed by atoms with Crippen LogP contribution in [0.25, 0.3) is 0 Å². The van der Waals surface area contributed by atoms with Crippen LogP contribution in [0.15, 0.2) is 0 Å². The van der Waals surface area contributed by atoms with Gasteiger partial charge in [0.05, 0.1) is 6.61 Å². The van der Waals surface area contributed by atoms with Crippen molar-refractivity contribution >= 4 is 0 Å². The van der Waals surface area contributed by atoms with Crippen molar-refractivity contribution in [3.05, 3.63) is 0 Å². The minimum absolute atomic E-state index is 0.153. The number of hydrogen-bond donors (Lipinski definition) is 1. The first-order chi connectivity index (χ1) is 3.18. The molecule has 0 amide bonds. The molecule has 0 aromatic rings. The van der Waals surface area contributed by atoms with Gasteiger partial charge < -0.3 is 5.73 Å². The first-order valence-electron chi connectivity index (χ1n) is 2.52. The molecule has 1 radical (unpaired) electrons. The highest BCUT2D eigenvalue weighted by molar-refractivity contribution is 4.61. The van der Waals surface area contributed by atoms with E-state index in [-0.39, 0.29) is 12.6 Å². The summed E-state index contributed by atoms with van der Waals surface area (Å²) >= 11 is 0. The zero-order chi connectivity index (χ0) is 5.86. The summed E-state index contributed by atoms with van der Waals surface area (Å²) < 4.78 is 0. The Balaban J connectivity index is 3.14. The van der Waals surface area contributed by atoms with Gasteiger partial charge in [-0.15, -0.1) is 0 Å². The fraction of sp³-hybridized carbons (Fsp3) is 1.00. The number of nitrogens with two attached hydrogens (primary N) is 1. The summed E-state index contributed by atoms with van der Waals surface area (Å²) in [6, 6.07) is -0.153. The molecule has 1 atom stereocenters. The fourth-order valence-corrected chi connectivity index (χ4v) is 0.192. The maximum atomic E-state index is 9.95. The van der Waals surface area contributed by atoms with Gasteiger partial charge in [0, 0.05) is 6.04 Å². The van der Waals surface area contributed by atoms with Crippen LogP contribution < -0.4 is 5.73 Å². The molecular formula is C5H12NO. The summed E-state index contributed by atoms with van der Waals surface area (Å²) in [6.45, 7) is 3.74. The Morgan fingerprint density at radius 3 is 2.00 bits per heavy atom. The smallest absolute Gasteiger partial charge is 0.0975 e. The van der Waals surface area contributed by atoms with E-state index in [0.717, 1.165) is 0 Å². The molecule has 0 aliphatic heterocycles. The van der Waals surface area contributed by atoms with Crippen molar-refractivity contribution in [2.75, 3.05) is 6.61 Å². The second-order valence-corrected chi connectivity index (χ2v) is 2.07. The molecule has 7 heavy (non-hydrogen) atoms. The minimum Gasteiger partial charge on any atom is -0.325 e. The van der Waals surface area contributed by atoms with E-state index in [1.54, 1.807) is 0 Å². The molecule has 0 saturated heterocycles. The number of hydrogen-bond acceptors (Lipinski definition) is 1. The number of rotatable bonds is 2. The molecule has 0 heterocycles. The zero-order valence-corrected chi connectivity index (χ0v) is 4.85. The van der Waals surface area contributed by atoms with E-state index in [4.69, 9.17) is 5.73 Å². The zero-order valence-electron chi connectivity index (χ0n) is 4.85. The molecule has 0 aliphatic carbocycles. The molecule has 0 fully saturated rings. The molecule has 2 nitrogen and oxygen atoms in total. The highest BCUT2D eigenvalue weighted by atomic mass is 16.3. The molecule has 0 bridgehead atoms. The average Bonchev–Trinajstić information content (AvgIpc) is 1.65. The van der Waals surface area contributed by atoms with Crippen LogP contribution in [0.3, 0.4) is 0 Å². The quantitative estimate of drug-likeness (QED) is 0.539. The summed E-state index contributed by atoms with van der Waals surface area (Å²) in [4.78, 5) is 0. The molecule has 0 aliphatic rings. The molecule has 1 unspecified atom stereocenters. The Kier molecular flexibility index (Phi) is 2.96. The summed E-state index contributed by atoms with van der Waals surface area (Å²) in [5.41, 5.74) is 5.30. The van der Waals surface area contributed by atoms with Crippen LogP contribution in [0.4, 0.5) is 0 Å². The molecule has 0 aromatic heterocycles. The highest BCUT2D eigenvalue weighted by Crippen LogP contribution is 1.94. The van der Waals surface area contributed by atoms with Crippen LogP contribution >= 0.6 is 0 Å². The van der Waals surface area contributed by atoms with E-state index in [1.165, 1.54) is 0 Å². The van der Waals surface area contributed by atoms with E-state index in [0.29, 0.717) is 5.92 Å². The molecule has 0 saturated carbocycles. The van der Waals surface area contributed by atoms with Crippen molar-refractivity contribution < 1.29 is 5.11 Å².